The number of nitrogens with one attached hydrogen (secondary N) is 1. The minimum Gasteiger partial charge on any atom is -0.407 e. The average molecular weight is 250 g/mol. The predicted molar refractivity (Wildman–Crippen MR) is 64.7 cm³/mol. The number of halogens is 1. The molecule has 15 heavy (non-hydrogen) atoms. The maximum absolute atomic E-state index is 5.79. The first-order valence-corrected chi connectivity index (χ1v) is 6.77. The van der Waals surface area contributed by atoms with Crippen LogP contribution in [0.25, 0.3) is 0 Å². The molecule has 1 atom stereocenters. The fraction of sp³-hybridized carbons (Fsp3) is 0.778. The maximum atomic E-state index is 5.79. The van der Waals surface area contributed by atoms with Gasteiger partial charge in [0.05, 0.1) is 0 Å². The SMILES string of the molecule is CSCCCCNc1nnc(C(C)Cl)o1. The van der Waals surface area contributed by atoms with Crippen LogP contribution in [0.15, 0.2) is 4.42 Å². The van der Waals surface area contributed by atoms with Crippen LogP contribution in [0.4, 0.5) is 6.01 Å². The van der Waals surface area contributed by atoms with E-state index in [1.807, 2.05) is 11.8 Å². The number of alkyl halides is 1. The Balaban J connectivity index is 2.20. The van der Waals surface area contributed by atoms with E-state index in [9.17, 15) is 0 Å². The highest BCUT2D eigenvalue weighted by Gasteiger charge is 2.09. The molecule has 4 nitrogen and oxygen atoms in total. The van der Waals surface area contributed by atoms with Crippen molar-refractivity contribution in [2.75, 3.05) is 23.9 Å². The molecule has 0 aliphatic heterocycles. The molecule has 0 bridgehead atoms. The van der Waals surface area contributed by atoms with Gasteiger partial charge >= 0.3 is 6.01 Å². The lowest BCUT2D eigenvalue weighted by molar-refractivity contribution is 0.505. The number of thioether (sulfide) groups is 1. The summed E-state index contributed by atoms with van der Waals surface area (Å²) >= 11 is 7.65. The summed E-state index contributed by atoms with van der Waals surface area (Å²) in [6.45, 7) is 2.66. The molecule has 1 aromatic heterocycles. The minimum absolute atomic E-state index is 0.232. The van der Waals surface area contributed by atoms with Gasteiger partial charge in [0.1, 0.15) is 5.38 Å². The predicted octanol–water partition coefficient (Wildman–Crippen LogP) is 2.92. The van der Waals surface area contributed by atoms with Crippen molar-refractivity contribution in [3.63, 3.8) is 0 Å². The van der Waals surface area contributed by atoms with Crippen molar-refractivity contribution in [1.29, 1.82) is 0 Å². The monoisotopic (exact) mass is 249 g/mol. The second-order valence-corrected chi connectivity index (χ2v) is 4.83. The Kier molecular flexibility index (Phi) is 5.86. The second kappa shape index (κ2) is 6.95. The maximum Gasteiger partial charge on any atom is 0.315 e. The van der Waals surface area contributed by atoms with Crippen LogP contribution in [0.3, 0.4) is 0 Å². The van der Waals surface area contributed by atoms with Gasteiger partial charge in [0.2, 0.25) is 5.89 Å². The Morgan fingerprint density at radius 2 is 2.27 bits per heavy atom. The van der Waals surface area contributed by atoms with Crippen LogP contribution < -0.4 is 5.32 Å². The molecule has 86 valence electrons. The summed E-state index contributed by atoms with van der Waals surface area (Å²) in [5.41, 5.74) is 0. The smallest absolute Gasteiger partial charge is 0.315 e. The summed E-state index contributed by atoms with van der Waals surface area (Å²) < 4.78 is 5.28. The first kappa shape index (κ1) is 12.6. The van der Waals surface area contributed by atoms with Crippen LogP contribution >= 0.6 is 23.4 Å². The third kappa shape index (κ3) is 4.75. The van der Waals surface area contributed by atoms with Gasteiger partial charge in [0.25, 0.3) is 0 Å². The number of nitrogens with zero attached hydrogens (tertiary/aromatic N) is 2. The zero-order valence-electron chi connectivity index (χ0n) is 8.99. The van der Waals surface area contributed by atoms with E-state index in [0.717, 1.165) is 13.0 Å². The average Bonchev–Trinajstić information content (AvgIpc) is 2.66. The van der Waals surface area contributed by atoms with Crippen LogP contribution in [0, 0.1) is 0 Å². The highest BCUT2D eigenvalue weighted by molar-refractivity contribution is 7.98. The zero-order valence-corrected chi connectivity index (χ0v) is 10.6. The topological polar surface area (TPSA) is 51.0 Å². The number of unbranched alkanes of at least 4 members (excludes halogenated alkanes) is 1. The lowest BCUT2D eigenvalue weighted by Gasteiger charge is -2.00. The van der Waals surface area contributed by atoms with Crippen LogP contribution in [-0.2, 0) is 0 Å². The molecular formula is C9H16ClN3OS. The molecule has 0 saturated heterocycles. The summed E-state index contributed by atoms with van der Waals surface area (Å²) in [6.07, 6.45) is 4.41. The van der Waals surface area contributed by atoms with E-state index in [4.69, 9.17) is 16.0 Å². The molecule has 0 amide bonds. The molecular weight excluding hydrogens is 234 g/mol. The Morgan fingerprint density at radius 1 is 1.47 bits per heavy atom. The third-order valence-corrected chi connectivity index (χ3v) is 2.72. The van der Waals surface area contributed by atoms with Crippen molar-refractivity contribution in [1.82, 2.24) is 10.2 Å². The van der Waals surface area contributed by atoms with E-state index in [2.05, 4.69) is 21.8 Å². The molecule has 1 rings (SSSR count). The highest BCUT2D eigenvalue weighted by Crippen LogP contribution is 2.19. The fourth-order valence-corrected chi connectivity index (χ4v) is 1.61. The van der Waals surface area contributed by atoms with Crippen LogP contribution in [0.1, 0.15) is 31.0 Å². The first-order valence-electron chi connectivity index (χ1n) is 4.94. The molecule has 1 unspecified atom stereocenters. The van der Waals surface area contributed by atoms with Crippen molar-refractivity contribution in [3.05, 3.63) is 5.89 Å². The number of hydrogen-bond donors (Lipinski definition) is 1. The molecule has 6 heteroatoms. The normalized spacial score (nSPS) is 12.7. The van der Waals surface area contributed by atoms with E-state index in [-0.39, 0.29) is 5.38 Å². The molecule has 1 heterocycles. The number of aromatic nitrogens is 2. The molecule has 0 saturated carbocycles. The van der Waals surface area contributed by atoms with Crippen molar-refractivity contribution < 1.29 is 4.42 Å². The first-order chi connectivity index (χ1) is 7.24. The summed E-state index contributed by atoms with van der Waals surface area (Å²) in [6, 6.07) is 0.460. The Morgan fingerprint density at radius 3 is 2.87 bits per heavy atom. The summed E-state index contributed by atoms with van der Waals surface area (Å²) in [4.78, 5) is 0. The standard InChI is InChI=1S/C9H16ClN3OS/c1-7(10)8-12-13-9(14-8)11-5-3-4-6-15-2/h7H,3-6H2,1-2H3,(H,11,13). The van der Waals surface area contributed by atoms with Gasteiger partial charge in [-0.25, -0.2) is 0 Å². The summed E-state index contributed by atoms with van der Waals surface area (Å²) in [7, 11) is 0. The van der Waals surface area contributed by atoms with Crippen LogP contribution in [0.2, 0.25) is 0 Å². The zero-order chi connectivity index (χ0) is 11.1. The lowest BCUT2D eigenvalue weighted by Crippen LogP contribution is -2.01. The number of hydrogen-bond acceptors (Lipinski definition) is 5. The molecule has 0 radical (unpaired) electrons. The van der Waals surface area contributed by atoms with Crippen molar-refractivity contribution in [2.24, 2.45) is 0 Å². The molecule has 0 aromatic carbocycles. The van der Waals surface area contributed by atoms with E-state index >= 15 is 0 Å². The van der Waals surface area contributed by atoms with E-state index in [0.29, 0.717) is 11.9 Å². The van der Waals surface area contributed by atoms with E-state index < -0.39 is 0 Å². The van der Waals surface area contributed by atoms with Crippen molar-refractivity contribution >= 4 is 29.4 Å². The summed E-state index contributed by atoms with van der Waals surface area (Å²) in [5, 5.41) is 10.5. The quantitative estimate of drug-likeness (QED) is 0.595. The molecule has 0 fully saturated rings. The largest absolute Gasteiger partial charge is 0.407 e. The van der Waals surface area contributed by atoms with E-state index in [1.165, 1.54) is 12.2 Å². The van der Waals surface area contributed by atoms with Gasteiger partial charge in [0.15, 0.2) is 0 Å². The van der Waals surface area contributed by atoms with Crippen LogP contribution in [-0.4, -0.2) is 28.8 Å². The molecule has 0 spiro atoms. The van der Waals surface area contributed by atoms with Gasteiger partial charge in [-0.15, -0.1) is 16.7 Å². The van der Waals surface area contributed by atoms with Gasteiger partial charge in [-0.3, -0.25) is 0 Å². The second-order valence-electron chi connectivity index (χ2n) is 3.19. The number of rotatable bonds is 7. The van der Waals surface area contributed by atoms with Gasteiger partial charge in [-0.2, -0.15) is 11.8 Å². The van der Waals surface area contributed by atoms with Gasteiger partial charge in [-0.05, 0) is 31.8 Å². The lowest BCUT2D eigenvalue weighted by atomic mass is 10.3. The Hall–Kier alpha value is -0.420. The third-order valence-electron chi connectivity index (χ3n) is 1.83. The van der Waals surface area contributed by atoms with Gasteiger partial charge < -0.3 is 9.73 Å². The fourth-order valence-electron chi connectivity index (χ4n) is 1.03. The van der Waals surface area contributed by atoms with Gasteiger partial charge in [-0.1, -0.05) is 5.10 Å². The van der Waals surface area contributed by atoms with Crippen molar-refractivity contribution in [3.8, 4) is 0 Å². The Bertz CT molecular complexity index is 280. The molecule has 0 aliphatic rings. The Labute approximate surface area is 99.2 Å². The van der Waals surface area contributed by atoms with E-state index in [1.54, 1.807) is 6.92 Å². The number of anilines is 1. The van der Waals surface area contributed by atoms with Gasteiger partial charge in [0, 0.05) is 6.54 Å². The molecule has 1 aromatic rings. The van der Waals surface area contributed by atoms with Crippen LogP contribution in [0.5, 0.6) is 0 Å². The molecule has 0 aliphatic carbocycles. The minimum atomic E-state index is -0.232. The molecule has 1 N–H and O–H groups in total. The summed E-state index contributed by atoms with van der Waals surface area (Å²) in [5.74, 6) is 1.65. The highest BCUT2D eigenvalue weighted by atomic mass is 35.5. The van der Waals surface area contributed by atoms with Crippen molar-refractivity contribution in [2.45, 2.75) is 25.1 Å².